The van der Waals surface area contributed by atoms with Crippen LogP contribution in [-0.2, 0) is 6.54 Å². The first-order valence-corrected chi connectivity index (χ1v) is 6.02. The van der Waals surface area contributed by atoms with Crippen LogP contribution in [0.4, 0.5) is 0 Å². The minimum absolute atomic E-state index is 0.621. The highest BCUT2D eigenvalue weighted by Gasteiger charge is 2.23. The van der Waals surface area contributed by atoms with E-state index in [9.17, 15) is 0 Å². The standard InChI is InChI=1S/C13H20N2O/c1-10(12-4-3-5-12)14-8-11-6-7-13(16-2)15-9-11/h6-7,9-10,12,14H,3-5,8H2,1-2H3. The van der Waals surface area contributed by atoms with Crippen LogP contribution in [-0.4, -0.2) is 18.1 Å². The van der Waals surface area contributed by atoms with Crippen LogP contribution in [0, 0.1) is 5.92 Å². The van der Waals surface area contributed by atoms with Crippen LogP contribution in [0.25, 0.3) is 0 Å². The minimum Gasteiger partial charge on any atom is -0.481 e. The van der Waals surface area contributed by atoms with E-state index >= 15 is 0 Å². The molecule has 1 aromatic rings. The Labute approximate surface area is 97.2 Å². The Morgan fingerprint density at radius 3 is 2.81 bits per heavy atom. The fourth-order valence-corrected chi connectivity index (χ4v) is 2.02. The summed E-state index contributed by atoms with van der Waals surface area (Å²) in [5.74, 6) is 1.56. The summed E-state index contributed by atoms with van der Waals surface area (Å²) >= 11 is 0. The molecule has 16 heavy (non-hydrogen) atoms. The molecule has 3 heteroatoms. The van der Waals surface area contributed by atoms with Gasteiger partial charge in [0.15, 0.2) is 0 Å². The van der Waals surface area contributed by atoms with E-state index in [4.69, 9.17) is 4.74 Å². The Bertz CT molecular complexity index is 319. The van der Waals surface area contributed by atoms with E-state index in [1.807, 2.05) is 12.3 Å². The van der Waals surface area contributed by atoms with Gasteiger partial charge in [-0.3, -0.25) is 0 Å². The first kappa shape index (κ1) is 11.4. The minimum atomic E-state index is 0.621. The van der Waals surface area contributed by atoms with Gasteiger partial charge in [0.25, 0.3) is 0 Å². The molecule has 1 aliphatic rings. The van der Waals surface area contributed by atoms with Crippen molar-refractivity contribution in [2.75, 3.05) is 7.11 Å². The predicted molar refractivity (Wildman–Crippen MR) is 64.4 cm³/mol. The number of aromatic nitrogens is 1. The molecule has 1 saturated carbocycles. The lowest BCUT2D eigenvalue weighted by atomic mass is 9.80. The van der Waals surface area contributed by atoms with Crippen LogP contribution in [0.15, 0.2) is 18.3 Å². The van der Waals surface area contributed by atoms with Crippen molar-refractivity contribution in [3.8, 4) is 5.88 Å². The van der Waals surface area contributed by atoms with E-state index in [1.165, 1.54) is 24.8 Å². The quantitative estimate of drug-likeness (QED) is 0.827. The van der Waals surface area contributed by atoms with Gasteiger partial charge in [-0.25, -0.2) is 4.98 Å². The summed E-state index contributed by atoms with van der Waals surface area (Å²) in [6.07, 6.45) is 6.05. The normalized spacial score (nSPS) is 17.9. The molecule has 0 amide bonds. The van der Waals surface area contributed by atoms with Crippen LogP contribution in [0.5, 0.6) is 5.88 Å². The van der Waals surface area contributed by atoms with E-state index in [2.05, 4.69) is 23.3 Å². The zero-order valence-corrected chi connectivity index (χ0v) is 10.1. The number of hydrogen-bond acceptors (Lipinski definition) is 3. The lowest BCUT2D eigenvalue weighted by molar-refractivity contribution is 0.240. The fourth-order valence-electron chi connectivity index (χ4n) is 2.02. The second kappa shape index (κ2) is 5.30. The number of nitrogens with one attached hydrogen (secondary N) is 1. The molecule has 1 atom stereocenters. The van der Waals surface area contributed by atoms with Gasteiger partial charge in [0.05, 0.1) is 7.11 Å². The lowest BCUT2D eigenvalue weighted by Crippen LogP contribution is -2.36. The summed E-state index contributed by atoms with van der Waals surface area (Å²) in [5, 5.41) is 3.56. The molecule has 0 spiro atoms. The number of hydrogen-bond donors (Lipinski definition) is 1. The molecular formula is C13H20N2O. The molecule has 88 valence electrons. The molecular weight excluding hydrogens is 200 g/mol. The van der Waals surface area contributed by atoms with Crippen molar-refractivity contribution in [2.45, 2.75) is 38.8 Å². The maximum atomic E-state index is 5.03. The Morgan fingerprint density at radius 1 is 1.50 bits per heavy atom. The third-order valence-corrected chi connectivity index (χ3v) is 3.49. The first-order chi connectivity index (χ1) is 7.79. The summed E-state index contributed by atoms with van der Waals surface area (Å²) in [6, 6.07) is 4.59. The number of rotatable bonds is 5. The van der Waals surface area contributed by atoms with Crippen molar-refractivity contribution in [2.24, 2.45) is 5.92 Å². The van der Waals surface area contributed by atoms with Gasteiger partial charge >= 0.3 is 0 Å². The molecule has 1 aromatic heterocycles. The Kier molecular flexibility index (Phi) is 3.78. The van der Waals surface area contributed by atoms with E-state index in [0.29, 0.717) is 11.9 Å². The molecule has 1 aliphatic carbocycles. The molecule has 0 radical (unpaired) electrons. The molecule has 2 rings (SSSR count). The van der Waals surface area contributed by atoms with E-state index < -0.39 is 0 Å². The molecule has 1 N–H and O–H groups in total. The van der Waals surface area contributed by atoms with Gasteiger partial charge in [-0.2, -0.15) is 0 Å². The van der Waals surface area contributed by atoms with Gasteiger partial charge in [-0.05, 0) is 31.2 Å². The number of pyridine rings is 1. The van der Waals surface area contributed by atoms with E-state index in [0.717, 1.165) is 12.5 Å². The van der Waals surface area contributed by atoms with Crippen LogP contribution >= 0.6 is 0 Å². The molecule has 1 heterocycles. The van der Waals surface area contributed by atoms with E-state index in [-0.39, 0.29) is 0 Å². The zero-order valence-electron chi connectivity index (χ0n) is 10.1. The summed E-state index contributed by atoms with van der Waals surface area (Å²) in [7, 11) is 1.64. The zero-order chi connectivity index (χ0) is 11.4. The van der Waals surface area contributed by atoms with Gasteiger partial charge in [0.2, 0.25) is 5.88 Å². The highest BCUT2D eigenvalue weighted by atomic mass is 16.5. The average Bonchev–Trinajstić information content (AvgIpc) is 2.25. The molecule has 0 aliphatic heterocycles. The molecule has 1 unspecified atom stereocenters. The maximum absolute atomic E-state index is 5.03. The topological polar surface area (TPSA) is 34.1 Å². The van der Waals surface area contributed by atoms with Crippen LogP contribution in [0.3, 0.4) is 0 Å². The summed E-state index contributed by atoms with van der Waals surface area (Å²) in [4.78, 5) is 4.19. The third kappa shape index (κ3) is 2.73. The predicted octanol–water partition coefficient (Wildman–Crippen LogP) is 2.37. The highest BCUT2D eigenvalue weighted by molar-refractivity contribution is 5.17. The van der Waals surface area contributed by atoms with Crippen LogP contribution in [0.2, 0.25) is 0 Å². The average molecular weight is 220 g/mol. The van der Waals surface area contributed by atoms with Gasteiger partial charge < -0.3 is 10.1 Å². The van der Waals surface area contributed by atoms with Crippen molar-refractivity contribution in [3.63, 3.8) is 0 Å². The molecule has 1 fully saturated rings. The van der Waals surface area contributed by atoms with Crippen molar-refractivity contribution >= 4 is 0 Å². The molecule has 3 nitrogen and oxygen atoms in total. The van der Waals surface area contributed by atoms with Crippen molar-refractivity contribution in [1.29, 1.82) is 0 Å². The second-order valence-corrected chi connectivity index (χ2v) is 4.57. The SMILES string of the molecule is COc1ccc(CNC(C)C2CCC2)cn1. The number of nitrogens with zero attached hydrogens (tertiary/aromatic N) is 1. The van der Waals surface area contributed by atoms with Gasteiger partial charge in [-0.15, -0.1) is 0 Å². The molecule has 0 bridgehead atoms. The maximum Gasteiger partial charge on any atom is 0.212 e. The summed E-state index contributed by atoms with van der Waals surface area (Å²) in [6.45, 7) is 3.18. The Hall–Kier alpha value is -1.09. The summed E-state index contributed by atoms with van der Waals surface area (Å²) in [5.41, 5.74) is 1.21. The first-order valence-electron chi connectivity index (χ1n) is 6.02. The van der Waals surface area contributed by atoms with Crippen molar-refractivity contribution in [3.05, 3.63) is 23.9 Å². The third-order valence-electron chi connectivity index (χ3n) is 3.49. The number of ether oxygens (including phenoxy) is 1. The van der Waals surface area contributed by atoms with Crippen LogP contribution < -0.4 is 10.1 Å². The molecule has 0 saturated heterocycles. The number of methoxy groups -OCH3 is 1. The van der Waals surface area contributed by atoms with E-state index in [1.54, 1.807) is 7.11 Å². The van der Waals surface area contributed by atoms with Crippen molar-refractivity contribution < 1.29 is 4.74 Å². The highest BCUT2D eigenvalue weighted by Crippen LogP contribution is 2.29. The van der Waals surface area contributed by atoms with Crippen molar-refractivity contribution in [1.82, 2.24) is 10.3 Å². The Balaban J connectivity index is 1.79. The van der Waals surface area contributed by atoms with Gasteiger partial charge in [-0.1, -0.05) is 12.5 Å². The van der Waals surface area contributed by atoms with Gasteiger partial charge in [0, 0.05) is 24.8 Å². The van der Waals surface area contributed by atoms with Gasteiger partial charge in [0.1, 0.15) is 0 Å². The lowest BCUT2D eigenvalue weighted by Gasteiger charge is -2.32. The monoisotopic (exact) mass is 220 g/mol. The largest absolute Gasteiger partial charge is 0.481 e. The second-order valence-electron chi connectivity index (χ2n) is 4.57. The fraction of sp³-hybridized carbons (Fsp3) is 0.615. The van der Waals surface area contributed by atoms with Crippen LogP contribution in [0.1, 0.15) is 31.7 Å². The smallest absolute Gasteiger partial charge is 0.212 e. The molecule has 0 aromatic carbocycles. The summed E-state index contributed by atoms with van der Waals surface area (Å²) < 4.78 is 5.03. The Morgan fingerprint density at radius 2 is 2.31 bits per heavy atom.